The Labute approximate surface area is 125 Å². The van der Waals surface area contributed by atoms with Gasteiger partial charge in [0.2, 0.25) is 5.91 Å². The van der Waals surface area contributed by atoms with Gasteiger partial charge in [0.05, 0.1) is 19.4 Å². The number of nitrogens with zero attached hydrogens (tertiary/aromatic N) is 1. The lowest BCUT2D eigenvalue weighted by Gasteiger charge is -2.13. The van der Waals surface area contributed by atoms with Crippen molar-refractivity contribution < 1.29 is 33.8 Å². The van der Waals surface area contributed by atoms with Gasteiger partial charge < -0.3 is 20.5 Å². The summed E-state index contributed by atoms with van der Waals surface area (Å²) in [7, 11) is 1.15. The minimum absolute atomic E-state index is 0.122. The molecule has 4 amide bonds. The first-order valence-electron chi connectivity index (χ1n) is 6.44. The van der Waals surface area contributed by atoms with Crippen LogP contribution in [0.5, 0.6) is 0 Å². The second-order valence-corrected chi connectivity index (χ2v) is 4.75. The van der Waals surface area contributed by atoms with Crippen molar-refractivity contribution in [3.8, 4) is 0 Å². The van der Waals surface area contributed by atoms with Gasteiger partial charge in [0.1, 0.15) is 12.6 Å². The van der Waals surface area contributed by atoms with Crippen LogP contribution in [0.15, 0.2) is 0 Å². The molecular weight excluding hydrogens is 298 g/mol. The number of urea groups is 1. The topological polar surface area (TPSA) is 142 Å². The van der Waals surface area contributed by atoms with Crippen molar-refractivity contribution in [2.45, 2.75) is 19.4 Å². The highest BCUT2D eigenvalue weighted by molar-refractivity contribution is 6.07. The van der Waals surface area contributed by atoms with Crippen LogP contribution in [0.4, 0.5) is 4.79 Å². The minimum Gasteiger partial charge on any atom is -0.481 e. The molecule has 1 aliphatic heterocycles. The van der Waals surface area contributed by atoms with Crippen molar-refractivity contribution in [3.63, 3.8) is 0 Å². The van der Waals surface area contributed by atoms with Gasteiger partial charge in [-0.1, -0.05) is 6.92 Å². The van der Waals surface area contributed by atoms with Crippen LogP contribution >= 0.6 is 0 Å². The van der Waals surface area contributed by atoms with E-state index in [-0.39, 0.29) is 13.0 Å². The molecule has 0 unspecified atom stereocenters. The van der Waals surface area contributed by atoms with Crippen molar-refractivity contribution >= 4 is 29.8 Å². The fourth-order valence-corrected chi connectivity index (χ4v) is 1.67. The summed E-state index contributed by atoms with van der Waals surface area (Å²) in [6, 6.07) is -1.86. The molecule has 0 aromatic carbocycles. The Morgan fingerprint density at radius 1 is 1.41 bits per heavy atom. The Balaban J connectivity index is 2.53. The number of hydrogen-bond donors (Lipinski definition) is 3. The molecular formula is C12H17N3O7. The number of carboxylic acid groups (broad SMARTS) is 1. The molecule has 10 nitrogen and oxygen atoms in total. The number of ether oxygens (including phenoxy) is 1. The molecule has 1 rings (SSSR count). The number of methoxy groups -OCH3 is 1. The number of rotatable bonds is 7. The van der Waals surface area contributed by atoms with Crippen molar-refractivity contribution in [1.29, 1.82) is 0 Å². The van der Waals surface area contributed by atoms with E-state index in [0.717, 1.165) is 7.11 Å². The lowest BCUT2D eigenvalue weighted by Crippen LogP contribution is -2.42. The molecule has 0 aliphatic carbocycles. The second-order valence-electron chi connectivity index (χ2n) is 4.75. The number of imide groups is 1. The molecule has 22 heavy (non-hydrogen) atoms. The maximum absolute atomic E-state index is 11.9. The average Bonchev–Trinajstić information content (AvgIpc) is 2.71. The summed E-state index contributed by atoms with van der Waals surface area (Å²) in [5.74, 6) is -3.92. The number of nitrogens with one attached hydrogen (secondary N) is 2. The number of carboxylic acids is 1. The summed E-state index contributed by atoms with van der Waals surface area (Å²) in [5.41, 5.74) is 0. The fourth-order valence-electron chi connectivity index (χ4n) is 1.67. The van der Waals surface area contributed by atoms with E-state index in [0.29, 0.717) is 4.90 Å². The van der Waals surface area contributed by atoms with Gasteiger partial charge in [0.15, 0.2) is 0 Å². The van der Waals surface area contributed by atoms with Gasteiger partial charge in [-0.05, 0) is 0 Å². The van der Waals surface area contributed by atoms with E-state index in [1.165, 1.54) is 6.92 Å². The van der Waals surface area contributed by atoms with Crippen molar-refractivity contribution in [2.24, 2.45) is 5.92 Å². The first kappa shape index (κ1) is 17.4. The number of esters is 1. The molecule has 10 heteroatoms. The Hall–Kier alpha value is -2.65. The molecule has 0 aromatic rings. The minimum atomic E-state index is -1.08. The van der Waals surface area contributed by atoms with Crippen LogP contribution in [0.25, 0.3) is 0 Å². The molecule has 1 heterocycles. The molecule has 1 saturated heterocycles. The van der Waals surface area contributed by atoms with E-state index in [9.17, 15) is 24.0 Å². The summed E-state index contributed by atoms with van der Waals surface area (Å²) in [6.07, 6.45) is -0.324. The third kappa shape index (κ3) is 4.43. The third-order valence-electron chi connectivity index (χ3n) is 3.03. The number of hydrogen-bond acceptors (Lipinski definition) is 6. The van der Waals surface area contributed by atoms with Crippen LogP contribution in [0.1, 0.15) is 13.3 Å². The zero-order chi connectivity index (χ0) is 16.9. The Bertz CT molecular complexity index is 505. The van der Waals surface area contributed by atoms with Gasteiger partial charge in [-0.3, -0.25) is 24.1 Å². The van der Waals surface area contributed by atoms with Gasteiger partial charge in [-0.15, -0.1) is 0 Å². The Morgan fingerprint density at radius 2 is 2.05 bits per heavy atom. The summed E-state index contributed by atoms with van der Waals surface area (Å²) in [5, 5.41) is 13.3. The smallest absolute Gasteiger partial charge is 0.325 e. The normalized spacial score (nSPS) is 18.6. The van der Waals surface area contributed by atoms with E-state index in [1.807, 2.05) is 0 Å². The van der Waals surface area contributed by atoms with Gasteiger partial charge >= 0.3 is 18.0 Å². The predicted octanol–water partition coefficient (Wildman–Crippen LogP) is -1.69. The van der Waals surface area contributed by atoms with Gasteiger partial charge in [-0.25, -0.2) is 4.79 Å². The molecule has 0 spiro atoms. The summed E-state index contributed by atoms with van der Waals surface area (Å²) < 4.78 is 4.40. The molecule has 0 saturated carbocycles. The second kappa shape index (κ2) is 7.38. The van der Waals surface area contributed by atoms with Crippen LogP contribution in [-0.4, -0.2) is 66.0 Å². The first-order valence-corrected chi connectivity index (χ1v) is 6.44. The van der Waals surface area contributed by atoms with Crippen molar-refractivity contribution in [3.05, 3.63) is 0 Å². The lowest BCUT2D eigenvalue weighted by molar-refractivity contribution is -0.143. The zero-order valence-electron chi connectivity index (χ0n) is 12.1. The summed E-state index contributed by atoms with van der Waals surface area (Å²) in [4.78, 5) is 57.5. The predicted molar refractivity (Wildman–Crippen MR) is 70.5 cm³/mol. The largest absolute Gasteiger partial charge is 0.481 e. The third-order valence-corrected chi connectivity index (χ3v) is 3.03. The highest BCUT2D eigenvalue weighted by Crippen LogP contribution is 2.09. The first-order chi connectivity index (χ1) is 10.3. The maximum Gasteiger partial charge on any atom is 0.325 e. The Morgan fingerprint density at radius 3 is 2.59 bits per heavy atom. The highest BCUT2D eigenvalue weighted by Gasteiger charge is 2.40. The summed E-state index contributed by atoms with van der Waals surface area (Å²) in [6.45, 7) is 0.737. The number of aliphatic carboxylic acids is 1. The molecule has 0 radical (unpaired) electrons. The average molecular weight is 315 g/mol. The SMILES string of the molecule is COC(=O)C[C@@H]1NC(=O)N(CC(=O)NC[C@H](C)C(=O)O)C1=O. The van der Waals surface area contributed by atoms with Crippen molar-refractivity contribution in [1.82, 2.24) is 15.5 Å². The zero-order valence-corrected chi connectivity index (χ0v) is 12.1. The lowest BCUT2D eigenvalue weighted by atomic mass is 10.2. The van der Waals surface area contributed by atoms with E-state index < -0.39 is 48.3 Å². The molecule has 1 aliphatic rings. The number of carbonyl (C=O) groups is 5. The molecule has 0 bridgehead atoms. The van der Waals surface area contributed by atoms with E-state index >= 15 is 0 Å². The molecule has 3 N–H and O–H groups in total. The maximum atomic E-state index is 11.9. The van der Waals surface area contributed by atoms with Crippen LogP contribution in [0, 0.1) is 5.92 Å². The molecule has 122 valence electrons. The number of carbonyl (C=O) groups excluding carboxylic acids is 4. The molecule has 0 aromatic heterocycles. The van der Waals surface area contributed by atoms with E-state index in [4.69, 9.17) is 5.11 Å². The van der Waals surface area contributed by atoms with Crippen LogP contribution in [0.3, 0.4) is 0 Å². The fraction of sp³-hybridized carbons (Fsp3) is 0.583. The van der Waals surface area contributed by atoms with Crippen LogP contribution in [0.2, 0.25) is 0 Å². The van der Waals surface area contributed by atoms with Gasteiger partial charge in [0.25, 0.3) is 5.91 Å². The number of amides is 4. The van der Waals surface area contributed by atoms with Gasteiger partial charge in [0, 0.05) is 6.54 Å². The quantitative estimate of drug-likeness (QED) is 0.375. The monoisotopic (exact) mass is 315 g/mol. The standard InChI is InChI=1S/C12H17N3O7/c1-6(11(19)20)4-13-8(16)5-15-10(18)7(14-12(15)21)3-9(17)22-2/h6-7H,3-5H2,1-2H3,(H,13,16)(H,14,21)(H,19,20)/t6-,7-/m0/s1. The summed E-state index contributed by atoms with van der Waals surface area (Å²) >= 11 is 0. The highest BCUT2D eigenvalue weighted by atomic mass is 16.5. The van der Waals surface area contributed by atoms with E-state index in [1.54, 1.807) is 0 Å². The van der Waals surface area contributed by atoms with Crippen LogP contribution in [-0.2, 0) is 23.9 Å². The Kier molecular flexibility index (Phi) is 5.84. The van der Waals surface area contributed by atoms with Crippen LogP contribution < -0.4 is 10.6 Å². The van der Waals surface area contributed by atoms with Gasteiger partial charge in [-0.2, -0.15) is 0 Å². The molecule has 2 atom stereocenters. The van der Waals surface area contributed by atoms with E-state index in [2.05, 4.69) is 15.4 Å². The molecule has 1 fully saturated rings. The van der Waals surface area contributed by atoms with Crippen molar-refractivity contribution in [2.75, 3.05) is 20.2 Å².